The van der Waals surface area contributed by atoms with E-state index in [1.165, 1.54) is 13.0 Å². The molecule has 23 heavy (non-hydrogen) atoms. The molecule has 1 aliphatic heterocycles. The van der Waals surface area contributed by atoms with Crippen molar-refractivity contribution >= 4 is 22.7 Å². The summed E-state index contributed by atoms with van der Waals surface area (Å²) < 4.78 is 19.5. The number of carbonyl (C=O) groups is 2. The Morgan fingerprint density at radius 1 is 1.43 bits per heavy atom. The van der Waals surface area contributed by atoms with E-state index in [1.54, 1.807) is 7.05 Å². The van der Waals surface area contributed by atoms with E-state index >= 15 is 0 Å². The molecular weight excluding hydrogens is 301 g/mol. The van der Waals surface area contributed by atoms with Crippen LogP contribution in [0.4, 0.5) is 4.39 Å². The fraction of sp³-hybridized carbons (Fsp3) is 0.375. The Bertz CT molecular complexity index is 798. The van der Waals surface area contributed by atoms with Crippen LogP contribution in [-0.4, -0.2) is 37.0 Å². The number of ether oxygens (including phenoxy) is 1. The van der Waals surface area contributed by atoms with Crippen LogP contribution in [0.2, 0.25) is 0 Å². The number of carbonyl (C=O) groups excluding carboxylic acids is 2. The highest BCUT2D eigenvalue weighted by molar-refractivity contribution is 6.02. The second-order valence-electron chi connectivity index (χ2n) is 5.48. The summed E-state index contributed by atoms with van der Waals surface area (Å²) in [5.74, 6) is -0.568. The topological polar surface area (TPSA) is 83.2 Å². The van der Waals surface area contributed by atoms with E-state index in [1.807, 2.05) is 0 Å². The molecule has 0 spiro atoms. The Labute approximate surface area is 132 Å². The molecule has 0 bridgehead atoms. The molecule has 122 valence electrons. The molecular formula is C16H18FN3O3. The molecule has 0 unspecified atom stereocenters. The number of aromatic nitrogens is 1. The molecule has 3 rings (SSSR count). The van der Waals surface area contributed by atoms with Gasteiger partial charge in [-0.15, -0.1) is 0 Å². The van der Waals surface area contributed by atoms with Crippen LogP contribution in [-0.2, 0) is 17.6 Å². The van der Waals surface area contributed by atoms with Crippen LogP contribution in [0.5, 0.6) is 5.75 Å². The summed E-state index contributed by atoms with van der Waals surface area (Å²) in [6.45, 7) is 2.27. The highest BCUT2D eigenvalue weighted by atomic mass is 19.1. The van der Waals surface area contributed by atoms with Crippen molar-refractivity contribution in [3.63, 3.8) is 0 Å². The minimum absolute atomic E-state index is 0.133. The molecule has 2 aromatic rings. The van der Waals surface area contributed by atoms with E-state index in [0.717, 1.165) is 16.5 Å². The van der Waals surface area contributed by atoms with E-state index < -0.39 is 5.82 Å². The van der Waals surface area contributed by atoms with Gasteiger partial charge in [0.1, 0.15) is 5.69 Å². The molecule has 1 aromatic heterocycles. The van der Waals surface area contributed by atoms with Crippen LogP contribution in [0.15, 0.2) is 6.07 Å². The number of fused-ring (bicyclic) bond motifs is 3. The zero-order chi connectivity index (χ0) is 16.6. The van der Waals surface area contributed by atoms with Gasteiger partial charge in [0, 0.05) is 49.5 Å². The number of hydrogen-bond acceptors (Lipinski definition) is 3. The third-order valence-electron chi connectivity index (χ3n) is 4.00. The normalized spacial score (nSPS) is 12.8. The lowest BCUT2D eigenvalue weighted by Gasteiger charge is -2.07. The first-order chi connectivity index (χ1) is 11.0. The highest BCUT2D eigenvalue weighted by Gasteiger charge is 2.26. The van der Waals surface area contributed by atoms with E-state index in [9.17, 15) is 14.0 Å². The number of aromatic amines is 1. The summed E-state index contributed by atoms with van der Waals surface area (Å²) in [5, 5.41) is 6.13. The first kappa shape index (κ1) is 15.3. The molecule has 0 aliphatic carbocycles. The predicted octanol–water partition coefficient (Wildman–Crippen LogP) is 1.28. The Balaban J connectivity index is 2.14. The van der Waals surface area contributed by atoms with Crippen molar-refractivity contribution in [1.29, 1.82) is 0 Å². The number of hydrogen-bond donors (Lipinski definition) is 3. The summed E-state index contributed by atoms with van der Waals surface area (Å²) in [6.07, 6.45) is 1.07. The van der Waals surface area contributed by atoms with Crippen LogP contribution < -0.4 is 15.4 Å². The standard InChI is InChI=1S/C16H18FN3O3/c1-8(21)19-5-3-9-13-10-4-6-23-15(10)11(17)7-12(13)20-14(9)16(22)18-2/h7,20H,3-6H2,1-2H3,(H,18,22)(H,19,21). The summed E-state index contributed by atoms with van der Waals surface area (Å²) in [7, 11) is 1.54. The van der Waals surface area contributed by atoms with Crippen LogP contribution in [0.1, 0.15) is 28.5 Å². The average molecular weight is 319 g/mol. The van der Waals surface area contributed by atoms with E-state index in [0.29, 0.717) is 37.2 Å². The van der Waals surface area contributed by atoms with E-state index in [4.69, 9.17) is 4.74 Å². The van der Waals surface area contributed by atoms with Gasteiger partial charge in [0.2, 0.25) is 5.91 Å². The van der Waals surface area contributed by atoms with Gasteiger partial charge < -0.3 is 20.4 Å². The van der Waals surface area contributed by atoms with Gasteiger partial charge in [0.15, 0.2) is 11.6 Å². The largest absolute Gasteiger partial charge is 0.490 e. The lowest BCUT2D eigenvalue weighted by atomic mass is 10.00. The van der Waals surface area contributed by atoms with Crippen molar-refractivity contribution in [3.8, 4) is 5.75 Å². The minimum atomic E-state index is -0.428. The molecule has 6 nitrogen and oxygen atoms in total. The predicted molar refractivity (Wildman–Crippen MR) is 83.2 cm³/mol. The molecule has 0 saturated carbocycles. The number of rotatable bonds is 4. The molecule has 2 heterocycles. The van der Waals surface area contributed by atoms with Gasteiger partial charge in [-0.2, -0.15) is 0 Å². The van der Waals surface area contributed by atoms with Gasteiger partial charge >= 0.3 is 0 Å². The fourth-order valence-corrected chi connectivity index (χ4v) is 3.05. The van der Waals surface area contributed by atoms with Crippen molar-refractivity contribution in [2.24, 2.45) is 0 Å². The lowest BCUT2D eigenvalue weighted by molar-refractivity contribution is -0.118. The lowest BCUT2D eigenvalue weighted by Crippen LogP contribution is -2.24. The Morgan fingerprint density at radius 2 is 2.22 bits per heavy atom. The van der Waals surface area contributed by atoms with Crippen LogP contribution in [0, 0.1) is 5.82 Å². The number of nitrogens with one attached hydrogen (secondary N) is 3. The molecule has 1 aromatic carbocycles. The van der Waals surface area contributed by atoms with E-state index in [-0.39, 0.29) is 17.6 Å². The highest BCUT2D eigenvalue weighted by Crippen LogP contribution is 2.38. The number of amides is 2. The first-order valence-electron chi connectivity index (χ1n) is 7.48. The fourth-order valence-electron chi connectivity index (χ4n) is 3.05. The van der Waals surface area contributed by atoms with Crippen LogP contribution in [0.3, 0.4) is 0 Å². The van der Waals surface area contributed by atoms with E-state index in [2.05, 4.69) is 15.6 Å². The third-order valence-corrected chi connectivity index (χ3v) is 4.00. The van der Waals surface area contributed by atoms with Gasteiger partial charge in [-0.25, -0.2) is 4.39 Å². The van der Waals surface area contributed by atoms with Gasteiger partial charge in [-0.1, -0.05) is 0 Å². The zero-order valence-electron chi connectivity index (χ0n) is 13.0. The number of H-pyrrole nitrogens is 1. The van der Waals surface area contributed by atoms with Crippen LogP contribution >= 0.6 is 0 Å². The maximum atomic E-state index is 14.1. The second-order valence-corrected chi connectivity index (χ2v) is 5.48. The molecule has 0 radical (unpaired) electrons. The van der Waals surface area contributed by atoms with Crippen molar-refractivity contribution < 1.29 is 18.7 Å². The summed E-state index contributed by atoms with van der Waals surface area (Å²) in [6, 6.07) is 1.35. The van der Waals surface area contributed by atoms with Gasteiger partial charge in [-0.3, -0.25) is 9.59 Å². The number of benzene rings is 1. The Hall–Kier alpha value is -2.57. The average Bonchev–Trinajstić information content (AvgIpc) is 3.11. The van der Waals surface area contributed by atoms with Gasteiger partial charge in [-0.05, 0) is 12.0 Å². The van der Waals surface area contributed by atoms with Crippen LogP contribution in [0.25, 0.3) is 10.9 Å². The van der Waals surface area contributed by atoms with Gasteiger partial charge in [0.05, 0.1) is 6.61 Å². The maximum Gasteiger partial charge on any atom is 0.267 e. The first-order valence-corrected chi connectivity index (χ1v) is 7.48. The molecule has 7 heteroatoms. The molecule has 1 aliphatic rings. The Morgan fingerprint density at radius 3 is 2.91 bits per heavy atom. The summed E-state index contributed by atoms with van der Waals surface area (Å²) in [4.78, 5) is 26.2. The molecule has 0 fully saturated rings. The third kappa shape index (κ3) is 2.62. The summed E-state index contributed by atoms with van der Waals surface area (Å²) in [5.41, 5.74) is 2.52. The Kier molecular flexibility index (Phi) is 3.94. The monoisotopic (exact) mass is 319 g/mol. The molecule has 2 amide bonds. The van der Waals surface area contributed by atoms with Crippen molar-refractivity contribution in [1.82, 2.24) is 15.6 Å². The molecule has 0 atom stereocenters. The SMILES string of the molecule is CNC(=O)c1[nH]c2cc(F)c3c(c2c1CCNC(C)=O)CCO3. The van der Waals surface area contributed by atoms with Crippen molar-refractivity contribution in [2.45, 2.75) is 19.8 Å². The zero-order valence-corrected chi connectivity index (χ0v) is 13.0. The molecule has 3 N–H and O–H groups in total. The van der Waals surface area contributed by atoms with Crippen molar-refractivity contribution in [2.75, 3.05) is 20.2 Å². The minimum Gasteiger partial charge on any atom is -0.490 e. The molecule has 0 saturated heterocycles. The van der Waals surface area contributed by atoms with Crippen molar-refractivity contribution in [3.05, 3.63) is 28.7 Å². The van der Waals surface area contributed by atoms with Gasteiger partial charge in [0.25, 0.3) is 5.91 Å². The number of halogens is 1. The summed E-state index contributed by atoms with van der Waals surface area (Å²) >= 11 is 0. The second kappa shape index (κ2) is 5.91. The quantitative estimate of drug-likeness (QED) is 0.794. The smallest absolute Gasteiger partial charge is 0.267 e. The maximum absolute atomic E-state index is 14.1.